The maximum absolute atomic E-state index is 12.8. The number of morpholine rings is 1. The van der Waals surface area contributed by atoms with Crippen molar-refractivity contribution < 1.29 is 14.3 Å². The number of hydrogen-bond acceptors (Lipinski definition) is 3. The number of benzene rings is 1. The topological polar surface area (TPSA) is 65.6 Å². The number of aromatic nitrogens is 1. The number of rotatable bonds is 1. The summed E-state index contributed by atoms with van der Waals surface area (Å²) in [7, 11) is 1.79. The smallest absolute Gasteiger partial charge is 0.270 e. The lowest BCUT2D eigenvalue weighted by atomic mass is 10.0. The molecule has 0 radical (unpaired) electrons. The second kappa shape index (κ2) is 5.34. The summed E-state index contributed by atoms with van der Waals surface area (Å²) >= 11 is 0. The molecule has 1 aromatic heterocycles. The quantitative estimate of drug-likeness (QED) is 0.864. The monoisotopic (exact) mass is 327 g/mol. The number of likely N-dealkylation sites (N-methyl/N-ethyl adjacent to an activating group) is 1. The molecule has 3 heterocycles. The van der Waals surface area contributed by atoms with Crippen LogP contribution in [-0.2, 0) is 9.53 Å². The molecule has 24 heavy (non-hydrogen) atoms. The number of carbonyl (C=O) groups is 2. The second-order valence-electron chi connectivity index (χ2n) is 6.97. The summed E-state index contributed by atoms with van der Waals surface area (Å²) in [6, 6.07) is 8.00. The highest BCUT2D eigenvalue weighted by molar-refractivity contribution is 5.98. The van der Waals surface area contributed by atoms with E-state index in [0.717, 1.165) is 17.3 Å². The molecule has 2 aliphatic heterocycles. The van der Waals surface area contributed by atoms with Crippen LogP contribution in [0.15, 0.2) is 24.3 Å². The van der Waals surface area contributed by atoms with E-state index < -0.39 is 5.60 Å². The normalized spacial score (nSPS) is 24.3. The predicted octanol–water partition coefficient (Wildman–Crippen LogP) is 1.55. The Hall–Kier alpha value is -2.34. The van der Waals surface area contributed by atoms with Crippen molar-refractivity contribution in [2.75, 3.05) is 33.3 Å². The Morgan fingerprint density at radius 3 is 2.92 bits per heavy atom. The molecular weight excluding hydrogens is 306 g/mol. The Bertz CT molecular complexity index is 828. The van der Waals surface area contributed by atoms with Crippen LogP contribution < -0.4 is 0 Å². The minimum atomic E-state index is -0.416. The highest BCUT2D eigenvalue weighted by atomic mass is 16.5. The van der Waals surface area contributed by atoms with Crippen molar-refractivity contribution in [3.63, 3.8) is 0 Å². The van der Waals surface area contributed by atoms with E-state index in [1.54, 1.807) is 11.9 Å². The summed E-state index contributed by atoms with van der Waals surface area (Å²) in [5.41, 5.74) is 2.33. The number of nitrogens with one attached hydrogen (secondary N) is 1. The van der Waals surface area contributed by atoms with Crippen LogP contribution in [0.1, 0.15) is 22.5 Å². The number of nitrogens with zero attached hydrogens (tertiary/aromatic N) is 2. The number of aryl methyl sites for hydroxylation is 1. The molecular formula is C18H21N3O3. The average Bonchev–Trinajstić information content (AvgIpc) is 3.15. The third kappa shape index (κ3) is 2.47. The first kappa shape index (κ1) is 15.2. The Kier molecular flexibility index (Phi) is 3.38. The van der Waals surface area contributed by atoms with E-state index in [0.29, 0.717) is 25.3 Å². The van der Waals surface area contributed by atoms with E-state index in [1.807, 2.05) is 30.0 Å². The number of hydrogen-bond donors (Lipinski definition) is 1. The van der Waals surface area contributed by atoms with Gasteiger partial charge in [-0.15, -0.1) is 0 Å². The first-order chi connectivity index (χ1) is 11.5. The third-order valence-corrected chi connectivity index (χ3v) is 5.06. The van der Waals surface area contributed by atoms with E-state index in [1.165, 1.54) is 5.56 Å². The lowest BCUT2D eigenvalue weighted by molar-refractivity contribution is -0.158. The lowest BCUT2D eigenvalue weighted by Crippen LogP contribution is -2.54. The van der Waals surface area contributed by atoms with Crippen molar-refractivity contribution in [2.45, 2.75) is 18.9 Å². The van der Waals surface area contributed by atoms with Crippen molar-refractivity contribution in [2.24, 2.45) is 0 Å². The standard InChI is InChI=1S/C18H21N3O3/c1-12-3-4-14-13(7-12)8-15(19-14)17(23)21-6-5-18(11-21)10-20(2)16(22)9-24-18/h3-4,7-8,19H,5-6,9-11H2,1-2H3/t18-/m1/s1. The predicted molar refractivity (Wildman–Crippen MR) is 89.9 cm³/mol. The summed E-state index contributed by atoms with van der Waals surface area (Å²) < 4.78 is 5.80. The molecule has 1 aromatic carbocycles. The van der Waals surface area contributed by atoms with Crippen molar-refractivity contribution in [1.82, 2.24) is 14.8 Å². The van der Waals surface area contributed by atoms with E-state index in [2.05, 4.69) is 11.1 Å². The first-order valence-corrected chi connectivity index (χ1v) is 8.22. The van der Waals surface area contributed by atoms with Crippen LogP contribution in [0.3, 0.4) is 0 Å². The molecule has 1 N–H and O–H groups in total. The van der Waals surface area contributed by atoms with Gasteiger partial charge in [-0.1, -0.05) is 11.6 Å². The second-order valence-corrected chi connectivity index (χ2v) is 6.97. The van der Waals surface area contributed by atoms with Crippen LogP contribution in [0.4, 0.5) is 0 Å². The molecule has 2 aromatic rings. The average molecular weight is 327 g/mol. The molecule has 2 saturated heterocycles. The van der Waals surface area contributed by atoms with Crippen LogP contribution in [-0.4, -0.2) is 65.5 Å². The van der Waals surface area contributed by atoms with Crippen molar-refractivity contribution >= 4 is 22.7 Å². The van der Waals surface area contributed by atoms with Gasteiger partial charge in [0, 0.05) is 24.5 Å². The molecule has 6 nitrogen and oxygen atoms in total. The summed E-state index contributed by atoms with van der Waals surface area (Å²) in [5, 5.41) is 1.05. The Morgan fingerprint density at radius 1 is 1.29 bits per heavy atom. The van der Waals surface area contributed by atoms with Crippen LogP contribution in [0, 0.1) is 6.92 Å². The van der Waals surface area contributed by atoms with E-state index >= 15 is 0 Å². The highest BCUT2D eigenvalue weighted by Crippen LogP contribution is 2.30. The number of amides is 2. The molecule has 0 aliphatic carbocycles. The minimum Gasteiger partial charge on any atom is -0.361 e. The number of ether oxygens (including phenoxy) is 1. The minimum absolute atomic E-state index is 0.00334. The zero-order valence-electron chi connectivity index (χ0n) is 14.0. The molecule has 2 fully saturated rings. The number of likely N-dealkylation sites (tertiary alicyclic amines) is 1. The summed E-state index contributed by atoms with van der Waals surface area (Å²) in [6.45, 7) is 3.86. The summed E-state index contributed by atoms with van der Waals surface area (Å²) in [6.07, 6.45) is 0.760. The summed E-state index contributed by atoms with van der Waals surface area (Å²) in [5.74, 6) is -0.0136. The third-order valence-electron chi connectivity index (χ3n) is 5.06. The van der Waals surface area contributed by atoms with Gasteiger partial charge < -0.3 is 19.5 Å². The fourth-order valence-corrected chi connectivity index (χ4v) is 3.69. The zero-order chi connectivity index (χ0) is 16.9. The molecule has 6 heteroatoms. The molecule has 4 rings (SSSR count). The van der Waals surface area contributed by atoms with Crippen LogP contribution in [0.25, 0.3) is 10.9 Å². The van der Waals surface area contributed by atoms with E-state index in [-0.39, 0.29) is 18.4 Å². The van der Waals surface area contributed by atoms with Gasteiger partial charge in [-0.3, -0.25) is 9.59 Å². The SMILES string of the molecule is Cc1ccc2[nH]c(C(=O)N3CC[C@@]4(CN(C)C(=O)CO4)C3)cc2c1. The van der Waals surface area contributed by atoms with Gasteiger partial charge in [0.05, 0.1) is 13.1 Å². The van der Waals surface area contributed by atoms with Gasteiger partial charge in [-0.05, 0) is 31.5 Å². The van der Waals surface area contributed by atoms with Gasteiger partial charge >= 0.3 is 0 Å². The van der Waals surface area contributed by atoms with Gasteiger partial charge in [0.2, 0.25) is 5.91 Å². The maximum atomic E-state index is 12.8. The summed E-state index contributed by atoms with van der Waals surface area (Å²) in [4.78, 5) is 31.2. The Balaban J connectivity index is 1.53. The molecule has 126 valence electrons. The highest BCUT2D eigenvalue weighted by Gasteiger charge is 2.45. The molecule has 1 spiro atoms. The van der Waals surface area contributed by atoms with Gasteiger partial charge in [0.25, 0.3) is 5.91 Å². The zero-order valence-corrected chi connectivity index (χ0v) is 14.0. The number of fused-ring (bicyclic) bond motifs is 1. The molecule has 1 atom stereocenters. The Labute approximate surface area is 140 Å². The van der Waals surface area contributed by atoms with Gasteiger partial charge in [-0.2, -0.15) is 0 Å². The first-order valence-electron chi connectivity index (χ1n) is 8.22. The molecule has 0 saturated carbocycles. The maximum Gasteiger partial charge on any atom is 0.270 e. The van der Waals surface area contributed by atoms with E-state index in [4.69, 9.17) is 4.74 Å². The number of aromatic amines is 1. The van der Waals surface area contributed by atoms with Gasteiger partial charge in [0.1, 0.15) is 17.9 Å². The fourth-order valence-electron chi connectivity index (χ4n) is 3.69. The lowest BCUT2D eigenvalue weighted by Gasteiger charge is -2.38. The van der Waals surface area contributed by atoms with E-state index in [9.17, 15) is 9.59 Å². The van der Waals surface area contributed by atoms with Crippen LogP contribution in [0.2, 0.25) is 0 Å². The Morgan fingerprint density at radius 2 is 2.12 bits per heavy atom. The molecule has 2 aliphatic rings. The molecule has 2 amide bonds. The number of carbonyl (C=O) groups excluding carboxylic acids is 2. The van der Waals surface area contributed by atoms with Gasteiger partial charge in [-0.25, -0.2) is 0 Å². The van der Waals surface area contributed by atoms with Crippen LogP contribution >= 0.6 is 0 Å². The molecule has 0 unspecified atom stereocenters. The van der Waals surface area contributed by atoms with Crippen molar-refractivity contribution in [3.8, 4) is 0 Å². The van der Waals surface area contributed by atoms with Crippen molar-refractivity contribution in [3.05, 3.63) is 35.5 Å². The fraction of sp³-hybridized carbons (Fsp3) is 0.444. The largest absolute Gasteiger partial charge is 0.361 e. The van der Waals surface area contributed by atoms with Gasteiger partial charge in [0.15, 0.2) is 0 Å². The molecule has 0 bridgehead atoms. The van der Waals surface area contributed by atoms with Crippen molar-refractivity contribution in [1.29, 1.82) is 0 Å². The van der Waals surface area contributed by atoms with Crippen LogP contribution in [0.5, 0.6) is 0 Å². The number of H-pyrrole nitrogens is 1.